The van der Waals surface area contributed by atoms with Gasteiger partial charge >= 0.3 is 0 Å². The smallest absolute Gasteiger partial charge is 0.253 e. The third kappa shape index (κ3) is 3.57. The largest absolute Gasteiger partial charge is 0.497 e. The zero-order valence-corrected chi connectivity index (χ0v) is 20.2. The van der Waals surface area contributed by atoms with E-state index in [0.29, 0.717) is 17.2 Å². The van der Waals surface area contributed by atoms with Crippen molar-refractivity contribution >= 4 is 16.8 Å². The minimum absolute atomic E-state index is 0.0480. The van der Waals surface area contributed by atoms with Crippen molar-refractivity contribution < 1.29 is 14.3 Å². The average Bonchev–Trinajstić information content (AvgIpc) is 3.28. The molecule has 0 radical (unpaired) electrons. The Morgan fingerprint density at radius 3 is 2.57 bits per heavy atom. The molecule has 2 heterocycles. The number of piperidine rings is 1. The van der Waals surface area contributed by atoms with Crippen LogP contribution in [0.5, 0.6) is 11.5 Å². The monoisotopic (exact) mass is 466 g/mol. The van der Waals surface area contributed by atoms with Crippen LogP contribution in [-0.2, 0) is 18.3 Å². The predicted molar refractivity (Wildman–Crippen MR) is 137 cm³/mol. The van der Waals surface area contributed by atoms with Crippen LogP contribution < -0.4 is 9.47 Å². The van der Waals surface area contributed by atoms with Crippen molar-refractivity contribution in [2.45, 2.75) is 24.7 Å². The first-order chi connectivity index (χ1) is 17.1. The Bertz CT molecular complexity index is 1410. The number of methoxy groups -OCH3 is 2. The summed E-state index contributed by atoms with van der Waals surface area (Å²) in [6.45, 7) is 1.45. The number of para-hydroxylation sites is 1. The molecule has 35 heavy (non-hydrogen) atoms. The highest BCUT2D eigenvalue weighted by atomic mass is 16.5. The first-order valence-electron chi connectivity index (χ1n) is 12.3. The van der Waals surface area contributed by atoms with Gasteiger partial charge < -0.3 is 19.4 Å². The summed E-state index contributed by atoms with van der Waals surface area (Å²) in [4.78, 5) is 19.3. The van der Waals surface area contributed by atoms with Crippen molar-refractivity contribution in [1.29, 1.82) is 0 Å². The number of fused-ring (bicyclic) bond motifs is 4. The standard InChI is InChI=1S/C30H30N2O3/c1-34-23-9-5-7-20(15-23)29(33)32-14-13-30(21-8-6-10-24(16-21)35-2)18-28-26(17-22(30)19-32)25-11-3-4-12-27(25)31-28/h3-12,15-16,22,31H,13-14,17-19H2,1-2H3/t22?,30-/m1/s1. The summed E-state index contributed by atoms with van der Waals surface area (Å²) in [6, 6.07) is 24.6. The Hall–Kier alpha value is -3.73. The second-order valence-corrected chi connectivity index (χ2v) is 9.83. The van der Waals surface area contributed by atoms with Crippen molar-refractivity contribution in [2.24, 2.45) is 5.92 Å². The lowest BCUT2D eigenvalue weighted by atomic mass is 9.58. The van der Waals surface area contributed by atoms with E-state index in [1.165, 1.54) is 27.7 Å². The molecular weight excluding hydrogens is 436 g/mol. The molecule has 4 aromatic rings. The molecule has 1 amide bonds. The number of carbonyl (C=O) groups excluding carboxylic acids is 1. The molecule has 2 aliphatic rings. The first-order valence-corrected chi connectivity index (χ1v) is 12.3. The van der Waals surface area contributed by atoms with Gasteiger partial charge in [-0.3, -0.25) is 4.79 Å². The maximum atomic E-state index is 13.5. The summed E-state index contributed by atoms with van der Waals surface area (Å²) >= 11 is 0. The number of hydrogen-bond donors (Lipinski definition) is 1. The van der Waals surface area contributed by atoms with Crippen molar-refractivity contribution in [3.63, 3.8) is 0 Å². The van der Waals surface area contributed by atoms with Gasteiger partial charge in [-0.05, 0) is 72.7 Å². The zero-order chi connectivity index (χ0) is 24.0. The van der Waals surface area contributed by atoms with Gasteiger partial charge in [-0.2, -0.15) is 0 Å². The number of carbonyl (C=O) groups is 1. The van der Waals surface area contributed by atoms with Crippen LogP contribution in [0.1, 0.15) is 33.6 Å². The number of nitrogens with zero attached hydrogens (tertiary/aromatic N) is 1. The molecule has 6 rings (SSSR count). The first kappa shape index (κ1) is 21.8. The molecule has 1 fully saturated rings. The van der Waals surface area contributed by atoms with E-state index in [2.05, 4.69) is 47.4 Å². The van der Waals surface area contributed by atoms with Crippen molar-refractivity contribution in [3.05, 3.63) is 95.2 Å². The van der Waals surface area contributed by atoms with Crippen LogP contribution in [0.25, 0.3) is 10.9 Å². The topological polar surface area (TPSA) is 54.6 Å². The normalized spacial score (nSPS) is 21.3. The molecule has 2 atom stereocenters. The number of H-pyrrole nitrogens is 1. The summed E-state index contributed by atoms with van der Waals surface area (Å²) < 4.78 is 11.0. The molecule has 1 unspecified atom stereocenters. The van der Waals surface area contributed by atoms with Crippen LogP contribution in [0.4, 0.5) is 0 Å². The Labute approximate surface area is 205 Å². The average molecular weight is 467 g/mol. The number of ether oxygens (including phenoxy) is 2. The van der Waals surface area contributed by atoms with Gasteiger partial charge in [0.2, 0.25) is 0 Å². The fourth-order valence-electron chi connectivity index (χ4n) is 6.30. The molecule has 1 aliphatic carbocycles. The molecule has 1 aromatic heterocycles. The quantitative estimate of drug-likeness (QED) is 0.439. The SMILES string of the molecule is COc1cccc(C(=O)N2CC[C@]3(c4cccc(OC)c4)Cc4[nH]c5ccccc5c4CC3C2)c1. The summed E-state index contributed by atoms with van der Waals surface area (Å²) in [5.74, 6) is 1.98. The fourth-order valence-corrected chi connectivity index (χ4v) is 6.30. The van der Waals surface area contributed by atoms with E-state index in [9.17, 15) is 4.79 Å². The molecule has 1 aliphatic heterocycles. The van der Waals surface area contributed by atoms with Gasteiger partial charge in [0.25, 0.3) is 5.91 Å². The Morgan fingerprint density at radius 2 is 1.74 bits per heavy atom. The Kier molecular flexibility index (Phi) is 5.28. The summed E-state index contributed by atoms with van der Waals surface area (Å²) in [7, 11) is 3.36. The van der Waals surface area contributed by atoms with Crippen LogP contribution in [0.2, 0.25) is 0 Å². The number of hydrogen-bond acceptors (Lipinski definition) is 3. The lowest BCUT2D eigenvalue weighted by Crippen LogP contribution is -2.55. The number of benzene rings is 3. The molecule has 0 spiro atoms. The second-order valence-electron chi connectivity index (χ2n) is 9.83. The molecule has 178 valence electrons. The second kappa shape index (κ2) is 8.49. The van der Waals surface area contributed by atoms with Gasteiger partial charge in [-0.15, -0.1) is 0 Å². The number of aromatic nitrogens is 1. The van der Waals surface area contributed by atoms with E-state index in [1.54, 1.807) is 14.2 Å². The molecule has 0 bridgehead atoms. The highest BCUT2D eigenvalue weighted by molar-refractivity contribution is 5.94. The Balaban J connectivity index is 1.40. The lowest BCUT2D eigenvalue weighted by Gasteiger charge is -2.51. The van der Waals surface area contributed by atoms with E-state index < -0.39 is 0 Å². The third-order valence-electron chi connectivity index (χ3n) is 8.14. The highest BCUT2D eigenvalue weighted by Gasteiger charge is 2.49. The van der Waals surface area contributed by atoms with E-state index in [0.717, 1.165) is 38.1 Å². The lowest BCUT2D eigenvalue weighted by molar-refractivity contribution is 0.0500. The summed E-state index contributed by atoms with van der Waals surface area (Å²) in [6.07, 6.45) is 2.80. The zero-order valence-electron chi connectivity index (χ0n) is 20.2. The van der Waals surface area contributed by atoms with Crippen LogP contribution in [0.15, 0.2) is 72.8 Å². The van der Waals surface area contributed by atoms with E-state index >= 15 is 0 Å². The Morgan fingerprint density at radius 1 is 0.971 bits per heavy atom. The summed E-state index contributed by atoms with van der Waals surface area (Å²) in [5, 5.41) is 1.30. The van der Waals surface area contributed by atoms with Gasteiger partial charge in [-0.1, -0.05) is 36.4 Å². The number of aromatic amines is 1. The van der Waals surface area contributed by atoms with Crippen LogP contribution in [-0.4, -0.2) is 43.1 Å². The van der Waals surface area contributed by atoms with Crippen LogP contribution >= 0.6 is 0 Å². The van der Waals surface area contributed by atoms with Gasteiger partial charge in [0.1, 0.15) is 11.5 Å². The molecular formula is C30H30N2O3. The van der Waals surface area contributed by atoms with E-state index in [4.69, 9.17) is 9.47 Å². The minimum Gasteiger partial charge on any atom is -0.497 e. The van der Waals surface area contributed by atoms with Crippen molar-refractivity contribution in [2.75, 3.05) is 27.3 Å². The molecule has 5 heteroatoms. The van der Waals surface area contributed by atoms with Gasteiger partial charge in [0.15, 0.2) is 0 Å². The van der Waals surface area contributed by atoms with Crippen LogP contribution in [0, 0.1) is 5.92 Å². The van der Waals surface area contributed by atoms with E-state index in [1.807, 2.05) is 35.2 Å². The molecule has 5 nitrogen and oxygen atoms in total. The van der Waals surface area contributed by atoms with E-state index in [-0.39, 0.29) is 11.3 Å². The number of likely N-dealkylation sites (tertiary alicyclic amines) is 1. The molecule has 1 N–H and O–H groups in total. The maximum absolute atomic E-state index is 13.5. The number of amides is 1. The maximum Gasteiger partial charge on any atom is 0.253 e. The number of nitrogens with one attached hydrogen (secondary N) is 1. The molecule has 0 saturated carbocycles. The highest BCUT2D eigenvalue weighted by Crippen LogP contribution is 2.49. The van der Waals surface area contributed by atoms with Gasteiger partial charge in [0.05, 0.1) is 14.2 Å². The summed E-state index contributed by atoms with van der Waals surface area (Å²) in [5.41, 5.74) is 5.87. The van der Waals surface area contributed by atoms with Gasteiger partial charge in [0, 0.05) is 40.7 Å². The predicted octanol–water partition coefficient (Wildman–Crippen LogP) is 5.38. The molecule has 3 aromatic carbocycles. The fraction of sp³-hybridized carbons (Fsp3) is 0.300. The third-order valence-corrected chi connectivity index (χ3v) is 8.14. The minimum atomic E-state index is -0.0480. The van der Waals surface area contributed by atoms with Crippen molar-refractivity contribution in [3.8, 4) is 11.5 Å². The molecule has 1 saturated heterocycles. The van der Waals surface area contributed by atoms with Crippen molar-refractivity contribution in [1.82, 2.24) is 9.88 Å². The number of rotatable bonds is 4. The van der Waals surface area contributed by atoms with Gasteiger partial charge in [-0.25, -0.2) is 0 Å². The van der Waals surface area contributed by atoms with Crippen LogP contribution in [0.3, 0.4) is 0 Å².